The smallest absolute Gasteiger partial charge is 0.224 e. The van der Waals surface area contributed by atoms with Crippen LogP contribution in [0.5, 0.6) is 5.75 Å². The number of rotatable bonds is 6. The minimum absolute atomic E-state index is 0.113. The minimum atomic E-state index is -0.434. The highest BCUT2D eigenvalue weighted by Crippen LogP contribution is 2.19. The number of halogens is 1. The van der Waals surface area contributed by atoms with Gasteiger partial charge in [-0.05, 0) is 31.2 Å². The van der Waals surface area contributed by atoms with Crippen LogP contribution in [-0.2, 0) is 11.8 Å². The minimum Gasteiger partial charge on any atom is -0.490 e. The summed E-state index contributed by atoms with van der Waals surface area (Å²) in [5.41, 5.74) is 1.91. The molecule has 0 aliphatic rings. The summed E-state index contributed by atoms with van der Waals surface area (Å²) in [7, 11) is 1.93. The Morgan fingerprint density at radius 1 is 1.24 bits per heavy atom. The fourth-order valence-corrected chi connectivity index (χ4v) is 2.75. The van der Waals surface area contributed by atoms with E-state index in [9.17, 15) is 9.18 Å². The highest BCUT2D eigenvalue weighted by molar-refractivity contribution is 5.78. The molecule has 25 heavy (non-hydrogen) atoms. The number of hydrogen-bond donors (Lipinski definition) is 1. The summed E-state index contributed by atoms with van der Waals surface area (Å²) in [5.74, 6) is 0.329. The SMILES string of the molecule is CC(NC(=O)CCOc1ccccc1F)c1nc2ccccc2n1C. The lowest BCUT2D eigenvalue weighted by molar-refractivity contribution is -0.122. The predicted octanol–water partition coefficient (Wildman–Crippen LogP) is 3.36. The summed E-state index contributed by atoms with van der Waals surface area (Å²) in [6.07, 6.45) is 0.141. The van der Waals surface area contributed by atoms with E-state index in [1.807, 2.05) is 42.8 Å². The van der Waals surface area contributed by atoms with Crippen molar-refractivity contribution in [2.75, 3.05) is 6.61 Å². The zero-order chi connectivity index (χ0) is 17.8. The van der Waals surface area contributed by atoms with Crippen LogP contribution in [0.1, 0.15) is 25.2 Å². The van der Waals surface area contributed by atoms with Gasteiger partial charge in [0.1, 0.15) is 5.82 Å². The van der Waals surface area contributed by atoms with Gasteiger partial charge in [0, 0.05) is 7.05 Å². The van der Waals surface area contributed by atoms with E-state index in [0.29, 0.717) is 0 Å². The van der Waals surface area contributed by atoms with Crippen molar-refractivity contribution >= 4 is 16.9 Å². The van der Waals surface area contributed by atoms with Crippen LogP contribution in [0.25, 0.3) is 11.0 Å². The third-order valence-corrected chi connectivity index (χ3v) is 4.01. The maximum atomic E-state index is 13.5. The van der Waals surface area contributed by atoms with Crippen molar-refractivity contribution < 1.29 is 13.9 Å². The Hall–Kier alpha value is -2.89. The molecule has 0 aliphatic heterocycles. The number of nitrogens with zero attached hydrogens (tertiary/aromatic N) is 2. The summed E-state index contributed by atoms with van der Waals surface area (Å²) in [6.45, 7) is 2.00. The number of aromatic nitrogens is 2. The molecule has 1 atom stereocenters. The molecule has 0 saturated carbocycles. The molecule has 5 nitrogen and oxygen atoms in total. The number of nitrogens with one attached hydrogen (secondary N) is 1. The predicted molar refractivity (Wildman–Crippen MR) is 93.8 cm³/mol. The number of ether oxygens (including phenoxy) is 1. The molecule has 1 amide bonds. The second-order valence-electron chi connectivity index (χ2n) is 5.84. The van der Waals surface area contributed by atoms with E-state index in [0.717, 1.165) is 16.9 Å². The van der Waals surface area contributed by atoms with E-state index in [2.05, 4.69) is 10.3 Å². The van der Waals surface area contributed by atoms with Crippen molar-refractivity contribution in [1.29, 1.82) is 0 Å². The number of hydrogen-bond acceptors (Lipinski definition) is 3. The molecule has 0 radical (unpaired) electrons. The Labute approximate surface area is 145 Å². The van der Waals surface area contributed by atoms with Crippen molar-refractivity contribution in [2.45, 2.75) is 19.4 Å². The number of aryl methyl sites for hydroxylation is 1. The highest BCUT2D eigenvalue weighted by Gasteiger charge is 2.16. The first kappa shape index (κ1) is 17.0. The highest BCUT2D eigenvalue weighted by atomic mass is 19.1. The molecule has 1 aromatic heterocycles. The maximum absolute atomic E-state index is 13.5. The van der Waals surface area contributed by atoms with Crippen LogP contribution in [0, 0.1) is 5.82 Å². The molecule has 3 rings (SSSR count). The van der Waals surface area contributed by atoms with Crippen molar-refractivity contribution in [2.24, 2.45) is 7.05 Å². The van der Waals surface area contributed by atoms with Crippen LogP contribution in [0.15, 0.2) is 48.5 Å². The molecule has 0 bridgehead atoms. The fraction of sp³-hybridized carbons (Fsp3) is 0.263. The summed E-state index contributed by atoms with van der Waals surface area (Å²) >= 11 is 0. The largest absolute Gasteiger partial charge is 0.490 e. The number of imidazole rings is 1. The molecule has 6 heteroatoms. The van der Waals surface area contributed by atoms with E-state index in [1.54, 1.807) is 12.1 Å². The van der Waals surface area contributed by atoms with Crippen LogP contribution in [0.4, 0.5) is 4.39 Å². The van der Waals surface area contributed by atoms with Gasteiger partial charge >= 0.3 is 0 Å². The summed E-state index contributed by atoms with van der Waals surface area (Å²) < 4.78 is 20.7. The second kappa shape index (κ2) is 7.34. The van der Waals surface area contributed by atoms with Gasteiger partial charge in [-0.15, -0.1) is 0 Å². The summed E-state index contributed by atoms with van der Waals surface area (Å²) in [5, 5.41) is 2.90. The third kappa shape index (κ3) is 3.79. The quantitative estimate of drug-likeness (QED) is 0.748. The lowest BCUT2D eigenvalue weighted by Gasteiger charge is -2.14. The van der Waals surface area contributed by atoms with Gasteiger partial charge in [-0.1, -0.05) is 24.3 Å². The molecule has 3 aromatic rings. The monoisotopic (exact) mass is 341 g/mol. The van der Waals surface area contributed by atoms with Gasteiger partial charge in [0.05, 0.1) is 30.1 Å². The first-order valence-electron chi connectivity index (χ1n) is 8.14. The molecular formula is C19H20FN3O2. The Kier molecular flexibility index (Phi) is 4.97. The lowest BCUT2D eigenvalue weighted by Crippen LogP contribution is -2.29. The maximum Gasteiger partial charge on any atom is 0.224 e. The van der Waals surface area contributed by atoms with Crippen LogP contribution < -0.4 is 10.1 Å². The van der Waals surface area contributed by atoms with E-state index < -0.39 is 5.82 Å². The van der Waals surface area contributed by atoms with E-state index in [-0.39, 0.29) is 30.7 Å². The number of carbonyl (C=O) groups excluding carboxylic acids is 1. The van der Waals surface area contributed by atoms with Crippen molar-refractivity contribution in [3.8, 4) is 5.75 Å². The van der Waals surface area contributed by atoms with Crippen LogP contribution in [-0.4, -0.2) is 22.1 Å². The summed E-state index contributed by atoms with van der Waals surface area (Å²) in [6, 6.07) is 13.7. The zero-order valence-corrected chi connectivity index (χ0v) is 14.2. The zero-order valence-electron chi connectivity index (χ0n) is 14.2. The molecule has 1 N–H and O–H groups in total. The van der Waals surface area contributed by atoms with Gasteiger partial charge in [0.2, 0.25) is 5.91 Å². The number of carbonyl (C=O) groups is 1. The number of amides is 1. The Bertz CT molecular complexity index is 891. The molecule has 0 fully saturated rings. The molecular weight excluding hydrogens is 321 g/mol. The molecule has 0 spiro atoms. The number of para-hydroxylation sites is 3. The Balaban J connectivity index is 1.57. The normalized spacial score (nSPS) is 12.1. The van der Waals surface area contributed by atoms with Crippen LogP contribution in [0.2, 0.25) is 0 Å². The fourth-order valence-electron chi connectivity index (χ4n) is 2.75. The molecule has 130 valence electrons. The van der Waals surface area contributed by atoms with Crippen molar-refractivity contribution in [1.82, 2.24) is 14.9 Å². The molecule has 2 aromatic carbocycles. The Morgan fingerprint density at radius 3 is 2.72 bits per heavy atom. The van der Waals surface area contributed by atoms with E-state index in [4.69, 9.17) is 4.74 Å². The molecule has 0 saturated heterocycles. The van der Waals surface area contributed by atoms with Gasteiger partial charge in [0.15, 0.2) is 11.6 Å². The van der Waals surface area contributed by atoms with Gasteiger partial charge in [0.25, 0.3) is 0 Å². The average Bonchev–Trinajstić information content (AvgIpc) is 2.94. The van der Waals surface area contributed by atoms with Gasteiger partial charge in [-0.25, -0.2) is 9.37 Å². The standard InChI is InChI=1S/C19H20FN3O2/c1-13(19-22-15-8-4-5-9-16(15)23(19)2)21-18(24)11-12-25-17-10-6-3-7-14(17)20/h3-10,13H,11-12H2,1-2H3,(H,21,24). The van der Waals surface area contributed by atoms with Gasteiger partial charge in [-0.3, -0.25) is 4.79 Å². The molecule has 0 aliphatic carbocycles. The number of benzene rings is 2. The van der Waals surface area contributed by atoms with Gasteiger partial charge in [-0.2, -0.15) is 0 Å². The summed E-state index contributed by atoms with van der Waals surface area (Å²) in [4.78, 5) is 16.7. The van der Waals surface area contributed by atoms with Crippen LogP contribution >= 0.6 is 0 Å². The molecule has 1 heterocycles. The average molecular weight is 341 g/mol. The third-order valence-electron chi connectivity index (χ3n) is 4.01. The second-order valence-corrected chi connectivity index (χ2v) is 5.84. The van der Waals surface area contributed by atoms with Crippen molar-refractivity contribution in [3.05, 3.63) is 60.2 Å². The Morgan fingerprint density at radius 2 is 1.96 bits per heavy atom. The first-order valence-corrected chi connectivity index (χ1v) is 8.14. The number of fused-ring (bicyclic) bond motifs is 1. The van der Waals surface area contributed by atoms with Gasteiger partial charge < -0.3 is 14.6 Å². The topological polar surface area (TPSA) is 56.1 Å². The van der Waals surface area contributed by atoms with Crippen LogP contribution in [0.3, 0.4) is 0 Å². The lowest BCUT2D eigenvalue weighted by atomic mass is 10.3. The first-order chi connectivity index (χ1) is 12.1. The van der Waals surface area contributed by atoms with Crippen molar-refractivity contribution in [3.63, 3.8) is 0 Å². The molecule has 1 unspecified atom stereocenters. The van der Waals surface area contributed by atoms with E-state index >= 15 is 0 Å². The van der Waals surface area contributed by atoms with E-state index in [1.165, 1.54) is 12.1 Å².